The Balaban J connectivity index is 1.43. The van der Waals surface area contributed by atoms with Gasteiger partial charge in [0.25, 0.3) is 5.82 Å². The van der Waals surface area contributed by atoms with Gasteiger partial charge in [-0.05, 0) is 77.2 Å². The van der Waals surface area contributed by atoms with Gasteiger partial charge in [0.05, 0.1) is 7.05 Å². The van der Waals surface area contributed by atoms with E-state index >= 15 is 0 Å². The maximum Gasteiger partial charge on any atom is 0.299 e. The number of nitrogens with zero attached hydrogens (tertiary/aromatic N) is 3. The maximum atomic E-state index is 6.98. The third-order valence-corrected chi connectivity index (χ3v) is 11.0. The molecule has 6 aromatic carbocycles. The molecule has 0 aliphatic heterocycles. The van der Waals surface area contributed by atoms with Crippen LogP contribution in [-0.4, -0.2) is 9.55 Å². The van der Waals surface area contributed by atoms with Crippen LogP contribution in [0.4, 0.5) is 0 Å². The summed E-state index contributed by atoms with van der Waals surface area (Å²) >= 11 is 0. The number of oxazole rings is 1. The summed E-state index contributed by atoms with van der Waals surface area (Å²) in [6.45, 7) is 17.9. The van der Waals surface area contributed by atoms with Gasteiger partial charge in [-0.1, -0.05) is 109 Å². The van der Waals surface area contributed by atoms with E-state index in [1.165, 1.54) is 49.7 Å². The average molecular weight is 697 g/mol. The molecule has 0 saturated carbocycles. The first-order valence-electron chi connectivity index (χ1n) is 18.8. The van der Waals surface area contributed by atoms with Crippen LogP contribution in [0.1, 0.15) is 82.9 Å². The van der Waals surface area contributed by atoms with Crippen molar-refractivity contribution in [2.24, 2.45) is 7.05 Å². The van der Waals surface area contributed by atoms with Gasteiger partial charge in [0.15, 0.2) is 22.2 Å². The zero-order valence-electron chi connectivity index (χ0n) is 32.1. The van der Waals surface area contributed by atoms with E-state index in [2.05, 4.69) is 169 Å². The van der Waals surface area contributed by atoms with Gasteiger partial charge in [0.1, 0.15) is 22.4 Å². The number of benzene rings is 6. The molecular formula is C48H46N3O2+. The second-order valence-corrected chi connectivity index (χ2v) is 16.4. The first-order valence-corrected chi connectivity index (χ1v) is 18.8. The second-order valence-electron chi connectivity index (χ2n) is 16.4. The SMILES string of the molecule is Cc1ccc2c(oc3cc4nc(C(C)(C)C)oc4cc32)c1-c1n(-c2c(C(C)C)cc(-c3ccccc3)cc2C(C)C)c2c3ccccc3ccc2[n+]1C. The second kappa shape index (κ2) is 11.9. The first kappa shape index (κ1) is 33.2. The Morgan fingerprint density at radius 1 is 0.679 bits per heavy atom. The monoisotopic (exact) mass is 696 g/mol. The lowest BCUT2D eigenvalue weighted by Crippen LogP contribution is -2.30. The third-order valence-electron chi connectivity index (χ3n) is 11.0. The van der Waals surface area contributed by atoms with Gasteiger partial charge in [-0.15, -0.1) is 0 Å². The Labute approximate surface area is 310 Å². The molecule has 3 aromatic heterocycles. The third kappa shape index (κ3) is 5.12. The molecule has 9 aromatic rings. The van der Waals surface area contributed by atoms with E-state index in [0.29, 0.717) is 0 Å². The van der Waals surface area contributed by atoms with Crippen molar-refractivity contribution >= 4 is 54.8 Å². The van der Waals surface area contributed by atoms with Crippen molar-refractivity contribution < 1.29 is 13.4 Å². The number of furan rings is 1. The summed E-state index contributed by atoms with van der Waals surface area (Å²) in [6.07, 6.45) is 0. The van der Waals surface area contributed by atoms with E-state index < -0.39 is 0 Å². The Kier molecular flexibility index (Phi) is 7.46. The summed E-state index contributed by atoms with van der Waals surface area (Å²) in [5, 5.41) is 4.52. The number of aryl methyl sites for hydroxylation is 2. The van der Waals surface area contributed by atoms with Crippen LogP contribution in [-0.2, 0) is 12.5 Å². The Morgan fingerprint density at radius 3 is 2.08 bits per heavy atom. The predicted molar refractivity (Wildman–Crippen MR) is 219 cm³/mol. The summed E-state index contributed by atoms with van der Waals surface area (Å²) in [6, 6.07) is 37.5. The number of hydrogen-bond acceptors (Lipinski definition) is 3. The standard InChI is InChI=1S/C48H46N3O2/c1-27(2)35-23-32(30-15-11-10-12-16-30)24-36(28(3)4)43(35)51-44-33-18-14-13-17-31(33)20-22-39(44)50(9)46(51)42-29(5)19-21-34-37-25-41-38(26-40(37)52-45(34)42)49-47(53-41)48(6,7)8/h10-28H,1-9H3/q+1. The molecule has 5 heteroatoms. The van der Waals surface area contributed by atoms with Gasteiger partial charge < -0.3 is 8.83 Å². The highest BCUT2D eigenvalue weighted by Gasteiger charge is 2.35. The molecule has 0 atom stereocenters. The fourth-order valence-electron chi connectivity index (χ4n) is 8.19. The molecule has 3 heterocycles. The predicted octanol–water partition coefficient (Wildman–Crippen LogP) is 12.8. The molecule has 0 unspecified atom stereocenters. The van der Waals surface area contributed by atoms with E-state index in [4.69, 9.17) is 13.8 Å². The van der Waals surface area contributed by atoms with Crippen LogP contribution in [0.2, 0.25) is 0 Å². The molecule has 0 amide bonds. The quantitative estimate of drug-likeness (QED) is 0.168. The van der Waals surface area contributed by atoms with Crippen LogP contribution < -0.4 is 4.57 Å². The van der Waals surface area contributed by atoms with Crippen molar-refractivity contribution in [2.45, 2.75) is 72.6 Å². The zero-order valence-corrected chi connectivity index (χ0v) is 32.1. The Bertz CT molecular complexity index is 2860. The fraction of sp³-hybridized carbons (Fsp3) is 0.250. The summed E-state index contributed by atoms with van der Waals surface area (Å²) in [5.74, 6) is 2.35. The lowest BCUT2D eigenvalue weighted by molar-refractivity contribution is -0.633. The number of rotatable bonds is 5. The maximum absolute atomic E-state index is 6.98. The molecule has 0 N–H and O–H groups in total. The van der Waals surface area contributed by atoms with Crippen LogP contribution in [0.25, 0.3) is 83.0 Å². The van der Waals surface area contributed by atoms with Crippen LogP contribution in [0.5, 0.6) is 0 Å². The Morgan fingerprint density at radius 2 is 1.38 bits per heavy atom. The first-order chi connectivity index (χ1) is 25.4. The van der Waals surface area contributed by atoms with Gasteiger partial charge in [-0.2, -0.15) is 4.57 Å². The van der Waals surface area contributed by atoms with Crippen molar-refractivity contribution in [3.05, 3.63) is 126 Å². The van der Waals surface area contributed by atoms with Crippen molar-refractivity contribution in [3.8, 4) is 28.2 Å². The minimum Gasteiger partial charge on any atom is -0.455 e. The number of aromatic nitrogens is 3. The van der Waals surface area contributed by atoms with Crippen LogP contribution in [0, 0.1) is 6.92 Å². The van der Waals surface area contributed by atoms with E-state index in [0.717, 1.165) is 55.9 Å². The van der Waals surface area contributed by atoms with Crippen molar-refractivity contribution in [2.75, 3.05) is 0 Å². The van der Waals surface area contributed by atoms with E-state index in [1.807, 2.05) is 6.07 Å². The van der Waals surface area contributed by atoms with Crippen LogP contribution in [0.15, 0.2) is 112 Å². The highest BCUT2D eigenvalue weighted by Crippen LogP contribution is 2.45. The van der Waals surface area contributed by atoms with Gasteiger partial charge >= 0.3 is 0 Å². The molecule has 0 fully saturated rings. The topological polar surface area (TPSA) is 48.0 Å². The normalized spacial score (nSPS) is 12.6. The van der Waals surface area contributed by atoms with Crippen molar-refractivity contribution in [1.82, 2.24) is 9.55 Å². The van der Waals surface area contributed by atoms with Crippen LogP contribution >= 0.6 is 0 Å². The van der Waals surface area contributed by atoms with Gasteiger partial charge in [0, 0.05) is 38.8 Å². The lowest BCUT2D eigenvalue weighted by atomic mass is 9.88. The lowest BCUT2D eigenvalue weighted by Gasteiger charge is -2.21. The highest BCUT2D eigenvalue weighted by atomic mass is 16.4. The summed E-state index contributed by atoms with van der Waals surface area (Å²) < 4.78 is 18.2. The summed E-state index contributed by atoms with van der Waals surface area (Å²) in [4.78, 5) is 4.87. The average Bonchev–Trinajstić information content (AvgIpc) is 3.81. The minimum absolute atomic E-state index is 0.193. The molecule has 264 valence electrons. The van der Waals surface area contributed by atoms with Gasteiger partial charge in [0.2, 0.25) is 5.89 Å². The summed E-state index contributed by atoms with van der Waals surface area (Å²) in [7, 11) is 2.21. The van der Waals surface area contributed by atoms with Crippen molar-refractivity contribution in [3.63, 3.8) is 0 Å². The molecule has 0 bridgehead atoms. The zero-order chi connectivity index (χ0) is 36.9. The fourth-order valence-corrected chi connectivity index (χ4v) is 8.19. The largest absolute Gasteiger partial charge is 0.455 e. The van der Waals surface area contributed by atoms with Gasteiger partial charge in [-0.3, -0.25) is 0 Å². The molecule has 0 aliphatic rings. The number of imidazole rings is 1. The number of fused-ring (bicyclic) bond motifs is 7. The Hall–Kier alpha value is -5.68. The molecule has 0 spiro atoms. The molecule has 0 saturated heterocycles. The molecule has 53 heavy (non-hydrogen) atoms. The molecular weight excluding hydrogens is 651 g/mol. The summed E-state index contributed by atoms with van der Waals surface area (Å²) in [5.41, 5.74) is 14.0. The van der Waals surface area contributed by atoms with E-state index in [1.54, 1.807) is 0 Å². The highest BCUT2D eigenvalue weighted by molar-refractivity contribution is 6.13. The molecule has 0 aliphatic carbocycles. The minimum atomic E-state index is -0.193. The number of hydrogen-bond donors (Lipinski definition) is 0. The molecule has 9 rings (SSSR count). The molecule has 5 nitrogen and oxygen atoms in total. The van der Waals surface area contributed by atoms with Crippen molar-refractivity contribution in [1.29, 1.82) is 0 Å². The smallest absolute Gasteiger partial charge is 0.299 e. The van der Waals surface area contributed by atoms with E-state index in [9.17, 15) is 0 Å². The van der Waals surface area contributed by atoms with Crippen LogP contribution in [0.3, 0.4) is 0 Å². The molecule has 0 radical (unpaired) electrons. The van der Waals surface area contributed by atoms with E-state index in [-0.39, 0.29) is 17.3 Å². The van der Waals surface area contributed by atoms with Gasteiger partial charge in [-0.25, -0.2) is 9.55 Å².